The molecule has 2 heterocycles. The van der Waals surface area contributed by atoms with Gasteiger partial charge < -0.3 is 13.7 Å². The van der Waals surface area contributed by atoms with Crippen molar-refractivity contribution in [2.45, 2.75) is 13.0 Å². The van der Waals surface area contributed by atoms with E-state index in [-0.39, 0.29) is 5.78 Å². The minimum atomic E-state index is -0.0921. The van der Waals surface area contributed by atoms with E-state index in [1.807, 2.05) is 60.8 Å². The van der Waals surface area contributed by atoms with E-state index in [2.05, 4.69) is 4.57 Å². The molecule has 2 aromatic heterocycles. The molecular weight excluding hydrogens is 326 g/mol. The van der Waals surface area contributed by atoms with Crippen molar-refractivity contribution in [2.75, 3.05) is 6.61 Å². The average Bonchev–Trinajstić information content (AvgIpc) is 3.34. The number of aryl methyl sites for hydroxylation is 1. The molecule has 130 valence electrons. The lowest BCUT2D eigenvalue weighted by atomic mass is 10.1. The van der Waals surface area contributed by atoms with Crippen molar-refractivity contribution in [2.24, 2.45) is 0 Å². The smallest absolute Gasteiger partial charge is 0.230 e. The fourth-order valence-electron chi connectivity index (χ4n) is 3.09. The van der Waals surface area contributed by atoms with Gasteiger partial charge in [0.25, 0.3) is 0 Å². The summed E-state index contributed by atoms with van der Waals surface area (Å²) in [5.41, 5.74) is 1.71. The number of hydrogen-bond donors (Lipinski definition) is 0. The summed E-state index contributed by atoms with van der Waals surface area (Å²) in [5.74, 6) is 1.14. The first-order valence-electron chi connectivity index (χ1n) is 8.67. The van der Waals surface area contributed by atoms with Crippen LogP contribution >= 0.6 is 0 Å². The monoisotopic (exact) mass is 345 g/mol. The quantitative estimate of drug-likeness (QED) is 0.352. The fourth-order valence-corrected chi connectivity index (χ4v) is 3.09. The van der Waals surface area contributed by atoms with Crippen LogP contribution in [0.3, 0.4) is 0 Å². The molecule has 0 fully saturated rings. The van der Waals surface area contributed by atoms with Crippen molar-refractivity contribution >= 4 is 16.7 Å². The van der Waals surface area contributed by atoms with Gasteiger partial charge in [0.15, 0.2) is 5.76 Å². The van der Waals surface area contributed by atoms with Crippen molar-refractivity contribution in [3.05, 3.63) is 90.5 Å². The van der Waals surface area contributed by atoms with Gasteiger partial charge in [-0.05, 0) is 36.8 Å². The van der Waals surface area contributed by atoms with Crippen LogP contribution in [0.5, 0.6) is 5.75 Å². The average molecular weight is 345 g/mol. The molecule has 26 heavy (non-hydrogen) atoms. The topological polar surface area (TPSA) is 44.4 Å². The number of fused-ring (bicyclic) bond motifs is 1. The predicted octanol–water partition coefficient (Wildman–Crippen LogP) is 4.93. The number of ether oxygens (including phenoxy) is 1. The van der Waals surface area contributed by atoms with Gasteiger partial charge in [0.2, 0.25) is 5.78 Å². The van der Waals surface area contributed by atoms with Crippen LogP contribution < -0.4 is 4.74 Å². The van der Waals surface area contributed by atoms with E-state index < -0.39 is 0 Å². The second-order valence-corrected chi connectivity index (χ2v) is 6.07. The third-order valence-electron chi connectivity index (χ3n) is 4.33. The summed E-state index contributed by atoms with van der Waals surface area (Å²) in [6.07, 6.45) is 4.29. The van der Waals surface area contributed by atoms with Crippen LogP contribution in [0, 0.1) is 0 Å². The Morgan fingerprint density at radius 3 is 2.58 bits per heavy atom. The highest BCUT2D eigenvalue weighted by molar-refractivity contribution is 6.15. The molecule has 0 N–H and O–H groups in total. The first-order chi connectivity index (χ1) is 12.8. The summed E-state index contributed by atoms with van der Waals surface area (Å²) in [6.45, 7) is 1.40. The van der Waals surface area contributed by atoms with E-state index in [0.717, 1.165) is 29.6 Å². The normalized spacial score (nSPS) is 10.9. The van der Waals surface area contributed by atoms with Gasteiger partial charge in [-0.2, -0.15) is 0 Å². The highest BCUT2D eigenvalue weighted by Gasteiger charge is 2.18. The molecule has 0 radical (unpaired) electrons. The molecule has 0 aliphatic rings. The second-order valence-electron chi connectivity index (χ2n) is 6.07. The molecule has 0 aliphatic heterocycles. The van der Waals surface area contributed by atoms with Gasteiger partial charge in [-0.1, -0.05) is 36.4 Å². The maximum atomic E-state index is 12.7. The zero-order valence-electron chi connectivity index (χ0n) is 14.3. The number of carbonyl (C=O) groups excluding carboxylic acids is 1. The highest BCUT2D eigenvalue weighted by Crippen LogP contribution is 2.24. The predicted molar refractivity (Wildman–Crippen MR) is 101 cm³/mol. The zero-order chi connectivity index (χ0) is 17.8. The summed E-state index contributed by atoms with van der Waals surface area (Å²) in [7, 11) is 0. The Hall–Kier alpha value is -3.27. The molecule has 0 aliphatic carbocycles. The first kappa shape index (κ1) is 16.2. The summed E-state index contributed by atoms with van der Waals surface area (Å²) in [6, 6.07) is 21.2. The van der Waals surface area contributed by atoms with Crippen molar-refractivity contribution in [3.8, 4) is 5.75 Å². The van der Waals surface area contributed by atoms with Crippen LogP contribution in [-0.4, -0.2) is 17.0 Å². The van der Waals surface area contributed by atoms with Gasteiger partial charge in [-0.25, -0.2) is 0 Å². The lowest BCUT2D eigenvalue weighted by Gasteiger charge is -2.07. The zero-order valence-corrected chi connectivity index (χ0v) is 14.3. The second kappa shape index (κ2) is 7.31. The number of rotatable bonds is 7. The van der Waals surface area contributed by atoms with E-state index in [4.69, 9.17) is 9.15 Å². The van der Waals surface area contributed by atoms with Crippen LogP contribution in [0.4, 0.5) is 0 Å². The summed E-state index contributed by atoms with van der Waals surface area (Å²) >= 11 is 0. The standard InChI is InChI=1S/C22H19NO3/c24-22(21-12-6-14-26-21)19-16-23(20-11-5-4-10-18(19)20)13-7-15-25-17-8-2-1-3-9-17/h1-6,8-12,14,16H,7,13,15H2. The number of carbonyl (C=O) groups is 1. The molecule has 0 saturated carbocycles. The lowest BCUT2D eigenvalue weighted by Crippen LogP contribution is -2.04. The molecular formula is C22H19NO3. The molecule has 0 amide bonds. The maximum absolute atomic E-state index is 12.7. The van der Waals surface area contributed by atoms with Crippen LogP contribution in [0.25, 0.3) is 10.9 Å². The van der Waals surface area contributed by atoms with E-state index >= 15 is 0 Å². The maximum Gasteiger partial charge on any atom is 0.230 e. The van der Waals surface area contributed by atoms with Crippen LogP contribution in [-0.2, 0) is 6.54 Å². The van der Waals surface area contributed by atoms with Gasteiger partial charge in [-0.15, -0.1) is 0 Å². The fraction of sp³-hybridized carbons (Fsp3) is 0.136. The van der Waals surface area contributed by atoms with Crippen molar-refractivity contribution in [1.82, 2.24) is 4.57 Å². The van der Waals surface area contributed by atoms with Gasteiger partial charge in [-0.3, -0.25) is 4.79 Å². The Morgan fingerprint density at radius 2 is 1.77 bits per heavy atom. The number of aromatic nitrogens is 1. The molecule has 0 bridgehead atoms. The summed E-state index contributed by atoms with van der Waals surface area (Å²) < 4.78 is 13.1. The van der Waals surface area contributed by atoms with E-state index in [9.17, 15) is 4.79 Å². The summed E-state index contributed by atoms with van der Waals surface area (Å²) in [5, 5.41) is 0.942. The van der Waals surface area contributed by atoms with E-state index in [1.54, 1.807) is 12.1 Å². The third kappa shape index (κ3) is 3.26. The molecule has 0 spiro atoms. The Kier molecular flexibility index (Phi) is 4.56. The lowest BCUT2D eigenvalue weighted by molar-refractivity contribution is 0.101. The minimum Gasteiger partial charge on any atom is -0.494 e. The molecule has 4 heteroatoms. The largest absolute Gasteiger partial charge is 0.494 e. The number of benzene rings is 2. The van der Waals surface area contributed by atoms with Crippen LogP contribution in [0.1, 0.15) is 22.5 Å². The molecule has 0 unspecified atom stereocenters. The summed E-state index contributed by atoms with van der Waals surface area (Å²) in [4.78, 5) is 12.7. The molecule has 0 atom stereocenters. The number of ketones is 1. The molecule has 0 saturated heterocycles. The first-order valence-corrected chi connectivity index (χ1v) is 8.67. The minimum absolute atomic E-state index is 0.0921. The molecule has 2 aromatic carbocycles. The number of nitrogens with zero attached hydrogens (tertiary/aromatic N) is 1. The van der Waals surface area contributed by atoms with Gasteiger partial charge in [0, 0.05) is 23.6 Å². The van der Waals surface area contributed by atoms with Gasteiger partial charge in [0.05, 0.1) is 18.4 Å². The number of hydrogen-bond acceptors (Lipinski definition) is 3. The van der Waals surface area contributed by atoms with E-state index in [0.29, 0.717) is 17.9 Å². The Morgan fingerprint density at radius 1 is 0.962 bits per heavy atom. The molecule has 4 aromatic rings. The Bertz CT molecular complexity index is 1000. The van der Waals surface area contributed by atoms with Crippen LogP contribution in [0.2, 0.25) is 0 Å². The van der Waals surface area contributed by atoms with Gasteiger partial charge >= 0.3 is 0 Å². The van der Waals surface area contributed by atoms with Crippen molar-refractivity contribution in [1.29, 1.82) is 0 Å². The number of para-hydroxylation sites is 2. The highest BCUT2D eigenvalue weighted by atomic mass is 16.5. The van der Waals surface area contributed by atoms with E-state index in [1.165, 1.54) is 6.26 Å². The molecule has 4 rings (SSSR count). The van der Waals surface area contributed by atoms with Gasteiger partial charge in [0.1, 0.15) is 5.75 Å². The Labute approximate surface area is 151 Å². The SMILES string of the molecule is O=C(c1ccco1)c1cn(CCCOc2ccccc2)c2ccccc12. The third-order valence-corrected chi connectivity index (χ3v) is 4.33. The number of furan rings is 1. The Balaban J connectivity index is 1.51. The van der Waals surface area contributed by atoms with Crippen molar-refractivity contribution in [3.63, 3.8) is 0 Å². The molecule has 4 nitrogen and oxygen atoms in total. The van der Waals surface area contributed by atoms with Crippen LogP contribution in [0.15, 0.2) is 83.6 Å². The van der Waals surface area contributed by atoms with Crippen molar-refractivity contribution < 1.29 is 13.9 Å².